The summed E-state index contributed by atoms with van der Waals surface area (Å²) in [5.74, 6) is 0.916. The highest BCUT2D eigenvalue weighted by Crippen LogP contribution is 2.34. The van der Waals surface area contributed by atoms with Crippen LogP contribution in [-0.4, -0.2) is 28.0 Å². The van der Waals surface area contributed by atoms with Gasteiger partial charge in [-0.25, -0.2) is 4.79 Å². The molecule has 2 aliphatic rings. The Morgan fingerprint density at radius 3 is 2.23 bits per heavy atom. The van der Waals surface area contributed by atoms with Crippen molar-refractivity contribution in [3.8, 4) is 23.0 Å². The minimum absolute atomic E-state index is 0.0364. The molecule has 0 saturated carbocycles. The molecule has 2 aromatic carbocycles. The van der Waals surface area contributed by atoms with Crippen molar-refractivity contribution in [2.45, 2.75) is 0 Å². The zero-order valence-corrected chi connectivity index (χ0v) is 14.0. The van der Waals surface area contributed by atoms with Crippen LogP contribution in [0.25, 0.3) is 6.08 Å². The Hall–Kier alpha value is -3.20. The maximum absolute atomic E-state index is 12.1. The van der Waals surface area contributed by atoms with Crippen LogP contribution < -0.4 is 18.9 Å². The minimum Gasteiger partial charge on any atom is -0.454 e. The van der Waals surface area contributed by atoms with Crippen molar-refractivity contribution in [2.75, 3.05) is 13.6 Å². The number of ether oxygens (including phenoxy) is 4. The van der Waals surface area contributed by atoms with Gasteiger partial charge in [0.15, 0.2) is 23.0 Å². The molecule has 0 fully saturated rings. The average Bonchev–Trinajstić information content (AvgIpc) is 3.27. The van der Waals surface area contributed by atoms with Crippen LogP contribution in [0.1, 0.15) is 15.9 Å². The first kappa shape index (κ1) is 16.3. The van der Waals surface area contributed by atoms with Crippen LogP contribution in [0.15, 0.2) is 41.8 Å². The van der Waals surface area contributed by atoms with Gasteiger partial charge in [0.25, 0.3) is 0 Å². The molecule has 0 radical (unpaired) electrons. The van der Waals surface area contributed by atoms with Crippen molar-refractivity contribution in [1.82, 2.24) is 0 Å². The number of fused-ring (bicyclic) bond motifs is 2. The molecule has 26 heavy (non-hydrogen) atoms. The Bertz CT molecular complexity index is 1010. The van der Waals surface area contributed by atoms with Crippen LogP contribution in [-0.2, 0) is 14.3 Å². The van der Waals surface area contributed by atoms with E-state index in [1.807, 2.05) is 0 Å². The lowest BCUT2D eigenvalue weighted by Gasteiger charge is -2.03. The third-order valence-corrected chi connectivity index (χ3v) is 4.48. The Morgan fingerprint density at radius 2 is 1.50 bits per heavy atom. The van der Waals surface area contributed by atoms with Crippen molar-refractivity contribution in [3.05, 3.63) is 52.9 Å². The summed E-state index contributed by atoms with van der Waals surface area (Å²) in [4.78, 5) is 12.1. The molecule has 8 nitrogen and oxygen atoms in total. The summed E-state index contributed by atoms with van der Waals surface area (Å²) in [6.45, 7) is 0.165. The first-order chi connectivity index (χ1) is 12.5. The van der Waals surface area contributed by atoms with Gasteiger partial charge >= 0.3 is 16.1 Å². The Morgan fingerprint density at radius 1 is 0.885 bits per heavy atom. The first-order valence-electron chi connectivity index (χ1n) is 7.46. The zero-order chi connectivity index (χ0) is 18.1. The van der Waals surface area contributed by atoms with E-state index in [9.17, 15) is 13.2 Å². The number of hydrogen-bond donors (Lipinski definition) is 0. The second kappa shape index (κ2) is 6.26. The molecule has 0 amide bonds. The van der Waals surface area contributed by atoms with Crippen LogP contribution in [0, 0.1) is 0 Å². The van der Waals surface area contributed by atoms with E-state index in [0.29, 0.717) is 28.6 Å². The minimum atomic E-state index is -4.23. The van der Waals surface area contributed by atoms with Gasteiger partial charge in [0.2, 0.25) is 13.6 Å². The van der Waals surface area contributed by atoms with Gasteiger partial charge in [0, 0.05) is 0 Å². The van der Waals surface area contributed by atoms with Gasteiger partial charge in [-0.3, -0.25) is 0 Å². The summed E-state index contributed by atoms with van der Waals surface area (Å²) in [7, 11) is -4.23. The largest absolute Gasteiger partial charge is 0.454 e. The van der Waals surface area contributed by atoms with Crippen LogP contribution in [0.2, 0.25) is 0 Å². The third-order valence-electron chi connectivity index (χ3n) is 3.62. The van der Waals surface area contributed by atoms with E-state index in [4.69, 9.17) is 18.9 Å². The highest BCUT2D eigenvalue weighted by atomic mass is 32.2. The van der Waals surface area contributed by atoms with Crippen molar-refractivity contribution in [1.29, 1.82) is 0 Å². The van der Waals surface area contributed by atoms with Crippen molar-refractivity contribution in [3.63, 3.8) is 0 Å². The summed E-state index contributed by atoms with van der Waals surface area (Å²) in [6, 6.07) is 9.20. The summed E-state index contributed by atoms with van der Waals surface area (Å²) in [6.07, 6.45) is 1.30. The topological polar surface area (TPSA) is 97.4 Å². The third kappa shape index (κ3) is 3.29. The molecule has 2 aliphatic heterocycles. The maximum atomic E-state index is 12.1. The van der Waals surface area contributed by atoms with Gasteiger partial charge in [-0.2, -0.15) is 8.42 Å². The monoisotopic (exact) mass is 376 g/mol. The Labute approximate surface area is 148 Å². The molecule has 0 atom stereocenters. The van der Waals surface area contributed by atoms with Crippen molar-refractivity contribution < 1.29 is 36.3 Å². The van der Waals surface area contributed by atoms with Gasteiger partial charge in [-0.1, -0.05) is 6.07 Å². The second-order valence-electron chi connectivity index (χ2n) is 5.35. The quantitative estimate of drug-likeness (QED) is 0.750. The summed E-state index contributed by atoms with van der Waals surface area (Å²) in [5.41, 5.74) is 0.589. The predicted octanol–water partition coefficient (Wildman–Crippen LogP) is 2.30. The molecule has 0 unspecified atom stereocenters. The lowest BCUT2D eigenvalue weighted by atomic mass is 10.2. The fourth-order valence-corrected chi connectivity index (χ4v) is 3.07. The second-order valence-corrected chi connectivity index (χ2v) is 6.77. The van der Waals surface area contributed by atoms with Crippen LogP contribution in [0.5, 0.6) is 23.0 Å². The van der Waals surface area contributed by atoms with Crippen molar-refractivity contribution >= 4 is 22.2 Å². The Balaban J connectivity index is 1.47. The van der Waals surface area contributed by atoms with Crippen LogP contribution >= 0.6 is 0 Å². The molecule has 0 saturated heterocycles. The fraction of sp³-hybridized carbons (Fsp3) is 0.118. The molecular formula is C17H12O8S. The van der Waals surface area contributed by atoms with Crippen LogP contribution in [0.3, 0.4) is 0 Å². The van der Waals surface area contributed by atoms with E-state index in [0.717, 1.165) is 5.41 Å². The summed E-state index contributed by atoms with van der Waals surface area (Å²) < 4.78 is 49.3. The molecule has 2 heterocycles. The number of carbonyl (C=O) groups is 1. The molecule has 134 valence electrons. The SMILES string of the molecule is O=C(OS(=O)(=O)/C=C/c1ccc2c(c1)OCO2)c1ccc2c(c1)OCO2. The van der Waals surface area contributed by atoms with E-state index in [2.05, 4.69) is 4.18 Å². The van der Waals surface area contributed by atoms with E-state index in [1.54, 1.807) is 18.2 Å². The van der Waals surface area contributed by atoms with Crippen molar-refractivity contribution in [2.24, 2.45) is 0 Å². The van der Waals surface area contributed by atoms with Gasteiger partial charge in [-0.15, -0.1) is 0 Å². The number of rotatable bonds is 4. The standard InChI is InChI=1S/C17H12O8S/c18-17(12-2-4-14-16(8-12)24-10-22-14)25-26(19,20)6-5-11-1-3-13-15(7-11)23-9-21-13/h1-8H,9-10H2/b6-5+. The molecule has 2 aromatic rings. The molecule has 0 bridgehead atoms. The molecule has 0 aliphatic carbocycles. The van der Waals surface area contributed by atoms with E-state index in [-0.39, 0.29) is 19.1 Å². The van der Waals surface area contributed by atoms with E-state index < -0.39 is 16.1 Å². The predicted molar refractivity (Wildman–Crippen MR) is 88.5 cm³/mol. The molecule has 4 rings (SSSR count). The summed E-state index contributed by atoms with van der Waals surface area (Å²) >= 11 is 0. The highest BCUT2D eigenvalue weighted by molar-refractivity contribution is 7.90. The Kier molecular flexibility index (Phi) is 3.92. The fourth-order valence-electron chi connectivity index (χ4n) is 2.38. The maximum Gasteiger partial charge on any atom is 0.354 e. The first-order valence-corrected chi connectivity index (χ1v) is 8.93. The summed E-state index contributed by atoms with van der Waals surface area (Å²) in [5, 5.41) is 0.801. The van der Waals surface area contributed by atoms with E-state index >= 15 is 0 Å². The number of benzene rings is 2. The molecular weight excluding hydrogens is 364 g/mol. The van der Waals surface area contributed by atoms with Gasteiger partial charge < -0.3 is 23.1 Å². The molecule has 9 heteroatoms. The molecule has 0 aromatic heterocycles. The van der Waals surface area contributed by atoms with E-state index in [1.165, 1.54) is 24.3 Å². The average molecular weight is 376 g/mol. The highest BCUT2D eigenvalue weighted by Gasteiger charge is 2.20. The number of hydrogen-bond acceptors (Lipinski definition) is 8. The van der Waals surface area contributed by atoms with Crippen LogP contribution in [0.4, 0.5) is 0 Å². The normalized spacial score (nSPS) is 14.6. The van der Waals surface area contributed by atoms with Gasteiger partial charge in [0.05, 0.1) is 11.0 Å². The number of carbonyl (C=O) groups excluding carboxylic acids is 1. The molecule has 0 N–H and O–H groups in total. The van der Waals surface area contributed by atoms with Gasteiger partial charge in [0.1, 0.15) is 0 Å². The smallest absolute Gasteiger partial charge is 0.354 e. The van der Waals surface area contributed by atoms with Gasteiger partial charge in [-0.05, 0) is 42.0 Å². The lowest BCUT2D eigenvalue weighted by Crippen LogP contribution is -2.10. The lowest BCUT2D eigenvalue weighted by molar-refractivity contribution is 0.0749. The molecule has 0 spiro atoms. The zero-order valence-electron chi connectivity index (χ0n) is 13.2.